The molecule has 0 bridgehead atoms. The van der Waals surface area contributed by atoms with Gasteiger partial charge >= 0.3 is 0 Å². The van der Waals surface area contributed by atoms with E-state index in [1.807, 2.05) is 0 Å². The number of nitrogens with two attached hydrogens (primary N) is 1. The van der Waals surface area contributed by atoms with Crippen molar-refractivity contribution in [2.24, 2.45) is 0 Å². The van der Waals surface area contributed by atoms with Gasteiger partial charge in [-0.2, -0.15) is 20.1 Å². The lowest BCUT2D eigenvalue weighted by Crippen LogP contribution is -2.27. The Kier molecular flexibility index (Phi) is 3.63. The Balaban J connectivity index is 1.58. The molecule has 0 radical (unpaired) electrons. The predicted molar refractivity (Wildman–Crippen MR) is 75.6 cm³/mol. The number of carbonyl (C=O) groups excluding carboxylic acids is 1. The van der Waals surface area contributed by atoms with Crippen molar-refractivity contribution in [1.82, 2.24) is 30.0 Å². The van der Waals surface area contributed by atoms with Crippen molar-refractivity contribution < 1.29 is 4.79 Å². The molecule has 1 aliphatic carbocycles. The van der Waals surface area contributed by atoms with Crippen LogP contribution in [-0.2, 0) is 4.79 Å². The molecular formula is C12H16N8O. The van der Waals surface area contributed by atoms with Crippen LogP contribution in [0.1, 0.15) is 19.3 Å². The smallest absolute Gasteiger partial charge is 0.257 e. The monoisotopic (exact) mass is 288 g/mol. The van der Waals surface area contributed by atoms with Gasteiger partial charge in [0.05, 0.1) is 0 Å². The third-order valence-electron chi connectivity index (χ3n) is 2.93. The topological polar surface area (TPSA) is 124 Å². The van der Waals surface area contributed by atoms with E-state index in [2.05, 4.69) is 30.7 Å². The zero-order valence-corrected chi connectivity index (χ0v) is 11.4. The highest BCUT2D eigenvalue weighted by atomic mass is 16.1. The number of carbonyl (C=O) groups is 1. The molecule has 0 spiro atoms. The number of hydrogen-bond acceptors (Lipinski definition) is 7. The van der Waals surface area contributed by atoms with Crippen LogP contribution in [0.4, 0.5) is 11.9 Å². The first kappa shape index (κ1) is 13.3. The van der Waals surface area contributed by atoms with Crippen molar-refractivity contribution in [3.63, 3.8) is 0 Å². The van der Waals surface area contributed by atoms with Crippen LogP contribution in [0, 0.1) is 0 Å². The Morgan fingerprint density at radius 1 is 1.38 bits per heavy atom. The Morgan fingerprint density at radius 2 is 2.24 bits per heavy atom. The number of anilines is 2. The van der Waals surface area contributed by atoms with E-state index in [0.717, 1.165) is 12.8 Å². The van der Waals surface area contributed by atoms with E-state index < -0.39 is 0 Å². The van der Waals surface area contributed by atoms with Crippen LogP contribution in [0.25, 0.3) is 5.95 Å². The number of nitrogens with zero attached hydrogens (tertiary/aromatic N) is 5. The first-order chi connectivity index (χ1) is 10.2. The van der Waals surface area contributed by atoms with Crippen molar-refractivity contribution in [3.05, 3.63) is 18.5 Å². The van der Waals surface area contributed by atoms with Gasteiger partial charge in [-0.1, -0.05) is 0 Å². The van der Waals surface area contributed by atoms with E-state index in [0.29, 0.717) is 30.9 Å². The van der Waals surface area contributed by atoms with Crippen molar-refractivity contribution >= 4 is 17.8 Å². The first-order valence-corrected chi connectivity index (χ1v) is 6.75. The molecule has 1 amide bonds. The summed E-state index contributed by atoms with van der Waals surface area (Å²) in [5.74, 6) is 0.782. The quantitative estimate of drug-likeness (QED) is 0.667. The van der Waals surface area contributed by atoms with Crippen LogP contribution in [0.15, 0.2) is 18.5 Å². The van der Waals surface area contributed by atoms with Gasteiger partial charge in [0.2, 0.25) is 17.8 Å². The van der Waals surface area contributed by atoms with Crippen LogP contribution in [-0.4, -0.2) is 43.2 Å². The summed E-state index contributed by atoms with van der Waals surface area (Å²) in [5, 5.41) is 9.92. The van der Waals surface area contributed by atoms with E-state index >= 15 is 0 Å². The minimum Gasteiger partial charge on any atom is -0.368 e. The highest BCUT2D eigenvalue weighted by Crippen LogP contribution is 2.18. The molecule has 4 N–H and O–H groups in total. The van der Waals surface area contributed by atoms with Crippen molar-refractivity contribution in [2.45, 2.75) is 25.3 Å². The molecule has 2 aromatic rings. The molecule has 110 valence electrons. The highest BCUT2D eigenvalue weighted by Gasteiger charge is 2.22. The lowest BCUT2D eigenvalue weighted by molar-refractivity contribution is -0.120. The second-order valence-electron chi connectivity index (χ2n) is 4.79. The molecule has 9 nitrogen and oxygen atoms in total. The van der Waals surface area contributed by atoms with E-state index in [9.17, 15) is 4.79 Å². The highest BCUT2D eigenvalue weighted by molar-refractivity contribution is 5.77. The molecule has 0 unspecified atom stereocenters. The number of aromatic nitrogens is 5. The number of hydrogen-bond donors (Lipinski definition) is 3. The summed E-state index contributed by atoms with van der Waals surface area (Å²) in [5.41, 5.74) is 5.65. The summed E-state index contributed by atoms with van der Waals surface area (Å²) in [6, 6.07) is 2.13. The fourth-order valence-electron chi connectivity index (χ4n) is 1.76. The molecule has 1 fully saturated rings. The summed E-state index contributed by atoms with van der Waals surface area (Å²) in [6.45, 7) is 0.431. The molecule has 0 saturated heterocycles. The van der Waals surface area contributed by atoms with Gasteiger partial charge in [0.25, 0.3) is 5.95 Å². The second kappa shape index (κ2) is 5.73. The summed E-state index contributed by atoms with van der Waals surface area (Å²) in [7, 11) is 0. The number of nitrogen functional groups attached to an aromatic ring is 1. The van der Waals surface area contributed by atoms with Crippen LogP contribution in [0.5, 0.6) is 0 Å². The third-order valence-corrected chi connectivity index (χ3v) is 2.93. The van der Waals surface area contributed by atoms with Gasteiger partial charge in [0, 0.05) is 31.4 Å². The van der Waals surface area contributed by atoms with Crippen LogP contribution < -0.4 is 16.4 Å². The molecule has 21 heavy (non-hydrogen) atoms. The number of amides is 1. The van der Waals surface area contributed by atoms with Gasteiger partial charge in [-0.25, -0.2) is 4.68 Å². The van der Waals surface area contributed by atoms with Gasteiger partial charge < -0.3 is 16.4 Å². The number of rotatable bonds is 6. The van der Waals surface area contributed by atoms with Gasteiger partial charge in [-0.3, -0.25) is 4.79 Å². The van der Waals surface area contributed by atoms with E-state index in [1.54, 1.807) is 18.5 Å². The summed E-state index contributed by atoms with van der Waals surface area (Å²) >= 11 is 0. The van der Waals surface area contributed by atoms with E-state index in [4.69, 9.17) is 5.73 Å². The lowest BCUT2D eigenvalue weighted by atomic mass is 10.4. The van der Waals surface area contributed by atoms with Gasteiger partial charge in [0.1, 0.15) is 0 Å². The number of nitrogens with one attached hydrogen (secondary N) is 2. The largest absolute Gasteiger partial charge is 0.368 e. The van der Waals surface area contributed by atoms with Crippen molar-refractivity contribution in [2.75, 3.05) is 17.6 Å². The molecule has 1 saturated carbocycles. The maximum Gasteiger partial charge on any atom is 0.257 e. The maximum absolute atomic E-state index is 11.6. The Morgan fingerprint density at radius 3 is 2.95 bits per heavy atom. The summed E-state index contributed by atoms with van der Waals surface area (Å²) < 4.78 is 1.49. The Hall–Kier alpha value is -2.71. The predicted octanol–water partition coefficient (Wildman–Crippen LogP) is -0.280. The molecule has 2 heterocycles. The maximum atomic E-state index is 11.6. The summed E-state index contributed by atoms with van der Waals surface area (Å²) in [6.07, 6.45) is 5.85. The Bertz CT molecular complexity index is 622. The molecule has 0 atom stereocenters. The zero-order valence-electron chi connectivity index (χ0n) is 11.4. The normalized spacial score (nSPS) is 13.9. The lowest BCUT2D eigenvalue weighted by Gasteiger charge is -2.07. The molecule has 3 rings (SSSR count). The average Bonchev–Trinajstić information content (AvgIpc) is 3.08. The third kappa shape index (κ3) is 3.65. The first-order valence-electron chi connectivity index (χ1n) is 6.75. The van der Waals surface area contributed by atoms with Crippen LogP contribution in [0.3, 0.4) is 0 Å². The molecule has 2 aromatic heterocycles. The molecule has 0 aliphatic heterocycles. The summed E-state index contributed by atoms with van der Waals surface area (Å²) in [4.78, 5) is 23.8. The van der Waals surface area contributed by atoms with E-state index in [1.165, 1.54) is 4.68 Å². The van der Waals surface area contributed by atoms with Gasteiger partial charge in [-0.05, 0) is 18.9 Å². The SMILES string of the molecule is Nc1nc(NCCC(=O)NC2CC2)nc(-n2cccn2)n1. The fraction of sp³-hybridized carbons (Fsp3) is 0.417. The fourth-order valence-corrected chi connectivity index (χ4v) is 1.76. The minimum atomic E-state index is 0.0272. The average molecular weight is 288 g/mol. The second-order valence-corrected chi connectivity index (χ2v) is 4.79. The zero-order chi connectivity index (χ0) is 14.7. The molecule has 1 aliphatic rings. The van der Waals surface area contributed by atoms with Gasteiger partial charge in [-0.15, -0.1) is 0 Å². The van der Waals surface area contributed by atoms with Crippen molar-refractivity contribution in [1.29, 1.82) is 0 Å². The van der Waals surface area contributed by atoms with Gasteiger partial charge in [0.15, 0.2) is 0 Å². The van der Waals surface area contributed by atoms with Crippen LogP contribution >= 0.6 is 0 Å². The Labute approximate surface area is 121 Å². The molecular weight excluding hydrogens is 272 g/mol. The molecule has 0 aromatic carbocycles. The van der Waals surface area contributed by atoms with Crippen molar-refractivity contribution in [3.8, 4) is 5.95 Å². The standard InChI is InChI=1S/C12H16N8O/c13-10-17-11(14-6-4-9(21)16-8-2-3-8)19-12(18-10)20-7-1-5-15-20/h1,5,7-8H,2-4,6H2,(H,16,21)(H3,13,14,17,18,19). The van der Waals surface area contributed by atoms with Crippen LogP contribution in [0.2, 0.25) is 0 Å². The molecule has 9 heteroatoms. The van der Waals surface area contributed by atoms with E-state index in [-0.39, 0.29) is 11.9 Å². The minimum absolute atomic E-state index is 0.0272.